The van der Waals surface area contributed by atoms with Crippen molar-refractivity contribution >= 4 is 27.5 Å². The molecule has 2 rings (SSSR count). The van der Waals surface area contributed by atoms with E-state index in [1.54, 1.807) is 35.1 Å². The zero-order valence-electron chi connectivity index (χ0n) is 18.4. The molecule has 170 valence electrons. The van der Waals surface area contributed by atoms with Crippen molar-refractivity contribution in [1.82, 2.24) is 9.62 Å². The Bertz CT molecular complexity index is 993. The maximum absolute atomic E-state index is 13.0. The average molecular weight is 469 g/mol. The number of methoxy groups -OCH3 is 2. The van der Waals surface area contributed by atoms with Crippen molar-refractivity contribution in [2.45, 2.75) is 31.2 Å². The lowest BCUT2D eigenvalue weighted by molar-refractivity contribution is -0.132. The molecule has 0 aliphatic carbocycles. The Morgan fingerprint density at radius 2 is 1.68 bits per heavy atom. The van der Waals surface area contributed by atoms with E-state index < -0.39 is 16.1 Å². The van der Waals surface area contributed by atoms with Gasteiger partial charge < -0.3 is 14.4 Å². The van der Waals surface area contributed by atoms with Gasteiger partial charge in [-0.2, -0.15) is 4.72 Å². The number of hydrogen-bond acceptors (Lipinski definition) is 5. The van der Waals surface area contributed by atoms with Crippen molar-refractivity contribution in [1.29, 1.82) is 0 Å². The molecule has 0 bridgehead atoms. The Balaban J connectivity index is 2.09. The van der Waals surface area contributed by atoms with Crippen LogP contribution in [0.3, 0.4) is 0 Å². The molecule has 0 saturated carbocycles. The Morgan fingerprint density at radius 3 is 2.23 bits per heavy atom. The van der Waals surface area contributed by atoms with E-state index in [1.807, 2.05) is 18.2 Å². The fourth-order valence-electron chi connectivity index (χ4n) is 3.00. The van der Waals surface area contributed by atoms with Crippen molar-refractivity contribution in [2.75, 3.05) is 27.8 Å². The molecule has 0 heterocycles. The highest BCUT2D eigenvalue weighted by Crippen LogP contribution is 2.27. The second kappa shape index (κ2) is 10.8. The number of amides is 1. The first-order valence-electron chi connectivity index (χ1n) is 9.82. The average Bonchev–Trinajstić information content (AvgIpc) is 2.75. The summed E-state index contributed by atoms with van der Waals surface area (Å²) in [4.78, 5) is 14.6. The highest BCUT2D eigenvalue weighted by atomic mass is 35.5. The van der Waals surface area contributed by atoms with Crippen molar-refractivity contribution in [2.24, 2.45) is 5.92 Å². The third kappa shape index (κ3) is 6.59. The van der Waals surface area contributed by atoms with Gasteiger partial charge in [-0.25, -0.2) is 8.42 Å². The van der Waals surface area contributed by atoms with Gasteiger partial charge in [-0.15, -0.1) is 0 Å². The SMILES string of the molecule is COc1ccc(CCN(C)C(=O)C(NS(=O)(=O)c2ccc(Cl)cc2)C(C)C)cc1OC. The van der Waals surface area contributed by atoms with Crippen LogP contribution in [0.1, 0.15) is 19.4 Å². The van der Waals surface area contributed by atoms with Gasteiger partial charge in [0.2, 0.25) is 15.9 Å². The summed E-state index contributed by atoms with van der Waals surface area (Å²) < 4.78 is 38.6. The molecule has 1 N–H and O–H groups in total. The van der Waals surface area contributed by atoms with Gasteiger partial charge in [0.15, 0.2) is 11.5 Å². The van der Waals surface area contributed by atoms with E-state index in [1.165, 1.54) is 29.2 Å². The number of sulfonamides is 1. The summed E-state index contributed by atoms with van der Waals surface area (Å²) in [6.07, 6.45) is 0.581. The molecule has 2 aromatic rings. The first-order valence-corrected chi connectivity index (χ1v) is 11.7. The Morgan fingerprint density at radius 1 is 1.06 bits per heavy atom. The third-order valence-corrected chi connectivity index (χ3v) is 6.61. The first-order chi connectivity index (χ1) is 14.6. The van der Waals surface area contributed by atoms with Crippen LogP contribution in [0.15, 0.2) is 47.4 Å². The summed E-state index contributed by atoms with van der Waals surface area (Å²) in [5.74, 6) is 0.711. The van der Waals surface area contributed by atoms with Crippen LogP contribution >= 0.6 is 11.6 Å². The molecule has 0 fully saturated rings. The number of rotatable bonds is 10. The maximum Gasteiger partial charge on any atom is 0.241 e. The fraction of sp³-hybridized carbons (Fsp3) is 0.409. The van der Waals surface area contributed by atoms with E-state index >= 15 is 0 Å². The molecule has 1 amide bonds. The molecule has 0 saturated heterocycles. The monoisotopic (exact) mass is 468 g/mol. The molecule has 0 radical (unpaired) electrons. The zero-order valence-corrected chi connectivity index (χ0v) is 20.0. The summed E-state index contributed by atoms with van der Waals surface area (Å²) in [7, 11) is 0.929. The minimum atomic E-state index is -3.87. The van der Waals surface area contributed by atoms with Crippen LogP contribution in [0.4, 0.5) is 0 Å². The van der Waals surface area contributed by atoms with Gasteiger partial charge in [0.05, 0.1) is 19.1 Å². The quantitative estimate of drug-likeness (QED) is 0.578. The highest BCUT2D eigenvalue weighted by molar-refractivity contribution is 7.89. The van der Waals surface area contributed by atoms with Crippen LogP contribution in [-0.2, 0) is 21.2 Å². The minimum Gasteiger partial charge on any atom is -0.493 e. The molecule has 7 nitrogen and oxygen atoms in total. The topological polar surface area (TPSA) is 84.9 Å². The van der Waals surface area contributed by atoms with Gasteiger partial charge >= 0.3 is 0 Å². The van der Waals surface area contributed by atoms with E-state index in [0.717, 1.165) is 5.56 Å². The van der Waals surface area contributed by atoms with Crippen LogP contribution in [0.5, 0.6) is 11.5 Å². The molecule has 31 heavy (non-hydrogen) atoms. The number of carbonyl (C=O) groups excluding carboxylic acids is 1. The van der Waals surface area contributed by atoms with E-state index in [-0.39, 0.29) is 16.7 Å². The number of likely N-dealkylation sites (N-methyl/N-ethyl adjacent to an activating group) is 1. The lowest BCUT2D eigenvalue weighted by Gasteiger charge is -2.27. The molecule has 9 heteroatoms. The van der Waals surface area contributed by atoms with Crippen LogP contribution in [0.25, 0.3) is 0 Å². The third-order valence-electron chi connectivity index (χ3n) is 4.90. The normalized spacial score (nSPS) is 12.5. The Hall–Kier alpha value is -2.29. The Kier molecular flexibility index (Phi) is 8.73. The van der Waals surface area contributed by atoms with Gasteiger partial charge in [0.25, 0.3) is 0 Å². The van der Waals surface area contributed by atoms with Crippen molar-refractivity contribution in [3.8, 4) is 11.5 Å². The van der Waals surface area contributed by atoms with Crippen LogP contribution in [0, 0.1) is 5.92 Å². The second-order valence-electron chi connectivity index (χ2n) is 7.50. The molecule has 1 unspecified atom stereocenters. The van der Waals surface area contributed by atoms with Crippen molar-refractivity contribution in [3.63, 3.8) is 0 Å². The summed E-state index contributed by atoms with van der Waals surface area (Å²) >= 11 is 5.84. The molecule has 0 aromatic heterocycles. The zero-order chi connectivity index (χ0) is 23.2. The number of carbonyl (C=O) groups is 1. The Labute approximate surface area is 189 Å². The molecule has 0 aliphatic heterocycles. The summed E-state index contributed by atoms with van der Waals surface area (Å²) in [6.45, 7) is 4.02. The van der Waals surface area contributed by atoms with Gasteiger partial charge in [0.1, 0.15) is 6.04 Å². The standard InChI is InChI=1S/C22H29ClN2O5S/c1-15(2)21(24-31(27,28)18-9-7-17(23)8-10-18)22(26)25(3)13-12-16-6-11-19(29-4)20(14-16)30-5/h6-11,14-15,21,24H,12-13H2,1-5H3. The predicted molar refractivity (Wildman–Crippen MR) is 121 cm³/mol. The number of benzene rings is 2. The lowest BCUT2D eigenvalue weighted by atomic mass is 10.0. The number of nitrogens with one attached hydrogen (secondary N) is 1. The molecule has 0 aliphatic rings. The number of ether oxygens (including phenoxy) is 2. The van der Waals surface area contributed by atoms with E-state index in [9.17, 15) is 13.2 Å². The van der Waals surface area contributed by atoms with Crippen LogP contribution in [0.2, 0.25) is 5.02 Å². The highest BCUT2D eigenvalue weighted by Gasteiger charge is 2.30. The molecule has 1 atom stereocenters. The van der Waals surface area contributed by atoms with E-state index in [2.05, 4.69) is 4.72 Å². The largest absolute Gasteiger partial charge is 0.493 e. The molecule has 0 spiro atoms. The van der Waals surface area contributed by atoms with E-state index in [4.69, 9.17) is 21.1 Å². The van der Waals surface area contributed by atoms with E-state index in [0.29, 0.717) is 29.5 Å². The lowest BCUT2D eigenvalue weighted by Crippen LogP contribution is -2.50. The number of hydrogen-bond donors (Lipinski definition) is 1. The van der Waals surface area contributed by atoms with Gasteiger partial charge in [-0.3, -0.25) is 4.79 Å². The number of halogens is 1. The van der Waals surface area contributed by atoms with Gasteiger partial charge in [0, 0.05) is 18.6 Å². The molecular formula is C22H29ClN2O5S. The smallest absolute Gasteiger partial charge is 0.241 e. The predicted octanol–water partition coefficient (Wildman–Crippen LogP) is 3.36. The van der Waals surface area contributed by atoms with Crippen molar-refractivity contribution < 1.29 is 22.7 Å². The van der Waals surface area contributed by atoms with Crippen LogP contribution < -0.4 is 14.2 Å². The van der Waals surface area contributed by atoms with Gasteiger partial charge in [-0.05, 0) is 54.3 Å². The van der Waals surface area contributed by atoms with Crippen LogP contribution in [-0.4, -0.2) is 53.1 Å². The fourth-order valence-corrected chi connectivity index (χ4v) is 4.46. The van der Waals surface area contributed by atoms with Crippen molar-refractivity contribution in [3.05, 3.63) is 53.1 Å². The second-order valence-corrected chi connectivity index (χ2v) is 9.65. The minimum absolute atomic E-state index is 0.0586. The molecular weight excluding hydrogens is 440 g/mol. The first kappa shape index (κ1) is 25.0. The summed E-state index contributed by atoms with van der Waals surface area (Å²) in [5, 5.41) is 0.435. The summed E-state index contributed by atoms with van der Waals surface area (Å²) in [5.41, 5.74) is 0.972. The van der Waals surface area contributed by atoms with Gasteiger partial charge in [-0.1, -0.05) is 31.5 Å². The summed E-state index contributed by atoms with van der Waals surface area (Å²) in [6, 6.07) is 10.5. The maximum atomic E-state index is 13.0. The number of nitrogens with zero attached hydrogens (tertiary/aromatic N) is 1. The molecule has 2 aromatic carbocycles.